The highest BCUT2D eigenvalue weighted by Gasteiger charge is 2.03. The van der Waals surface area contributed by atoms with E-state index in [1.807, 2.05) is 32.0 Å². The lowest BCUT2D eigenvalue weighted by Crippen LogP contribution is -2.20. The Bertz CT molecular complexity index is 334. The second kappa shape index (κ2) is 4.77. The monoisotopic (exact) mass is 193 g/mol. The first-order chi connectivity index (χ1) is 6.63. The van der Waals surface area contributed by atoms with Gasteiger partial charge in [0, 0.05) is 0 Å². The fourth-order valence-electron chi connectivity index (χ4n) is 1.08. The summed E-state index contributed by atoms with van der Waals surface area (Å²) in [6.45, 7) is 4.02. The van der Waals surface area contributed by atoms with Gasteiger partial charge in [-0.05, 0) is 31.0 Å². The number of aryl methyl sites for hydroxylation is 2. The van der Waals surface area contributed by atoms with Gasteiger partial charge >= 0.3 is 0 Å². The fourth-order valence-corrected chi connectivity index (χ4v) is 1.08. The number of hydrogen-bond donors (Lipinski definition) is 1. The minimum atomic E-state index is -0.0918. The molecule has 0 fully saturated rings. The zero-order valence-corrected chi connectivity index (χ0v) is 8.54. The topological polar surface area (TPSA) is 52.3 Å². The van der Waals surface area contributed by atoms with Crippen LogP contribution >= 0.6 is 0 Å². The van der Waals surface area contributed by atoms with E-state index in [2.05, 4.69) is 0 Å². The van der Waals surface area contributed by atoms with Crippen LogP contribution in [-0.2, 0) is 4.79 Å². The molecule has 0 aliphatic heterocycles. The Labute approximate surface area is 83.9 Å². The summed E-state index contributed by atoms with van der Waals surface area (Å²) in [6.07, 6.45) is 0. The number of rotatable bonds is 4. The Kier molecular flexibility index (Phi) is 3.65. The number of carbonyl (C=O) groups is 1. The van der Waals surface area contributed by atoms with Crippen molar-refractivity contribution < 1.29 is 9.53 Å². The molecule has 0 atom stereocenters. The molecule has 0 radical (unpaired) electrons. The van der Waals surface area contributed by atoms with E-state index < -0.39 is 0 Å². The van der Waals surface area contributed by atoms with Crippen LogP contribution in [0.15, 0.2) is 18.2 Å². The van der Waals surface area contributed by atoms with E-state index in [-0.39, 0.29) is 18.9 Å². The molecule has 76 valence electrons. The molecule has 2 N–H and O–H groups in total. The SMILES string of the molecule is Cc1ccc(C)c(OCC(=O)CN)c1. The van der Waals surface area contributed by atoms with Crippen molar-refractivity contribution in [1.82, 2.24) is 0 Å². The summed E-state index contributed by atoms with van der Waals surface area (Å²) in [5.41, 5.74) is 7.32. The molecule has 0 unspecified atom stereocenters. The van der Waals surface area contributed by atoms with E-state index in [1.54, 1.807) is 0 Å². The van der Waals surface area contributed by atoms with E-state index in [9.17, 15) is 4.79 Å². The maximum atomic E-state index is 10.9. The predicted molar refractivity (Wildman–Crippen MR) is 55.5 cm³/mol. The summed E-state index contributed by atoms with van der Waals surface area (Å²) in [4.78, 5) is 10.9. The number of benzene rings is 1. The van der Waals surface area contributed by atoms with E-state index in [0.717, 1.165) is 16.9 Å². The normalized spacial score (nSPS) is 9.93. The highest BCUT2D eigenvalue weighted by molar-refractivity contribution is 5.81. The molecule has 0 aliphatic rings. The number of hydrogen-bond acceptors (Lipinski definition) is 3. The maximum Gasteiger partial charge on any atom is 0.183 e. The molecule has 3 heteroatoms. The van der Waals surface area contributed by atoms with Crippen LogP contribution < -0.4 is 10.5 Å². The fraction of sp³-hybridized carbons (Fsp3) is 0.364. The second-order valence-corrected chi connectivity index (χ2v) is 3.30. The van der Waals surface area contributed by atoms with Crippen molar-refractivity contribution in [2.45, 2.75) is 13.8 Å². The van der Waals surface area contributed by atoms with Crippen LogP contribution in [0.5, 0.6) is 5.75 Å². The van der Waals surface area contributed by atoms with Gasteiger partial charge in [-0.1, -0.05) is 12.1 Å². The summed E-state index contributed by atoms with van der Waals surface area (Å²) < 4.78 is 5.34. The number of carbonyl (C=O) groups excluding carboxylic acids is 1. The van der Waals surface area contributed by atoms with Crippen LogP contribution in [0.2, 0.25) is 0 Å². The lowest BCUT2D eigenvalue weighted by Gasteiger charge is -2.08. The number of nitrogens with two attached hydrogens (primary N) is 1. The van der Waals surface area contributed by atoms with Crippen molar-refractivity contribution in [3.63, 3.8) is 0 Å². The Morgan fingerprint density at radius 1 is 1.43 bits per heavy atom. The molecule has 1 aromatic rings. The summed E-state index contributed by atoms with van der Waals surface area (Å²) in [5, 5.41) is 0. The molecular formula is C11H15NO2. The van der Waals surface area contributed by atoms with Gasteiger partial charge in [0.25, 0.3) is 0 Å². The lowest BCUT2D eigenvalue weighted by molar-refractivity contribution is -0.119. The van der Waals surface area contributed by atoms with E-state index in [4.69, 9.17) is 10.5 Å². The summed E-state index contributed by atoms with van der Waals surface area (Å²) in [6, 6.07) is 5.89. The Morgan fingerprint density at radius 3 is 2.79 bits per heavy atom. The van der Waals surface area contributed by atoms with Gasteiger partial charge in [-0.2, -0.15) is 0 Å². The summed E-state index contributed by atoms with van der Waals surface area (Å²) in [5.74, 6) is 0.665. The molecule has 0 heterocycles. The largest absolute Gasteiger partial charge is 0.486 e. The quantitative estimate of drug-likeness (QED) is 0.782. The number of Topliss-reactive ketones (excluding diaryl/α,β-unsaturated/α-hetero) is 1. The Morgan fingerprint density at radius 2 is 2.14 bits per heavy atom. The van der Waals surface area contributed by atoms with Crippen LogP contribution in [0.1, 0.15) is 11.1 Å². The van der Waals surface area contributed by atoms with Crippen LogP contribution in [0, 0.1) is 13.8 Å². The molecule has 0 bridgehead atoms. The van der Waals surface area contributed by atoms with E-state index in [0.29, 0.717) is 0 Å². The minimum absolute atomic E-state index is 0.0326. The third kappa shape index (κ3) is 2.85. The second-order valence-electron chi connectivity index (χ2n) is 3.30. The van der Waals surface area contributed by atoms with Crippen LogP contribution in [0.4, 0.5) is 0 Å². The van der Waals surface area contributed by atoms with Crippen LogP contribution in [-0.4, -0.2) is 18.9 Å². The third-order valence-electron chi connectivity index (χ3n) is 1.96. The van der Waals surface area contributed by atoms with Gasteiger partial charge in [0.05, 0.1) is 6.54 Å². The van der Waals surface area contributed by atoms with Crippen molar-refractivity contribution in [3.8, 4) is 5.75 Å². The Balaban J connectivity index is 2.66. The molecule has 0 aromatic heterocycles. The molecule has 0 saturated carbocycles. The van der Waals surface area contributed by atoms with Crippen molar-refractivity contribution >= 4 is 5.78 Å². The van der Waals surface area contributed by atoms with Gasteiger partial charge in [0.15, 0.2) is 5.78 Å². The first-order valence-electron chi connectivity index (χ1n) is 4.55. The first kappa shape index (κ1) is 10.7. The molecule has 0 spiro atoms. The van der Waals surface area contributed by atoms with Crippen molar-refractivity contribution in [3.05, 3.63) is 29.3 Å². The van der Waals surface area contributed by atoms with Gasteiger partial charge in [0.1, 0.15) is 12.4 Å². The molecule has 3 nitrogen and oxygen atoms in total. The Hall–Kier alpha value is -1.35. The van der Waals surface area contributed by atoms with E-state index in [1.165, 1.54) is 0 Å². The number of ether oxygens (including phenoxy) is 1. The highest BCUT2D eigenvalue weighted by atomic mass is 16.5. The third-order valence-corrected chi connectivity index (χ3v) is 1.96. The summed E-state index contributed by atoms with van der Waals surface area (Å²) >= 11 is 0. The average Bonchev–Trinajstić information content (AvgIpc) is 2.19. The van der Waals surface area contributed by atoms with Crippen LogP contribution in [0.25, 0.3) is 0 Å². The molecule has 0 aliphatic carbocycles. The molecule has 1 rings (SSSR count). The van der Waals surface area contributed by atoms with Crippen molar-refractivity contribution in [2.75, 3.05) is 13.2 Å². The minimum Gasteiger partial charge on any atom is -0.486 e. The van der Waals surface area contributed by atoms with Gasteiger partial charge in [0.2, 0.25) is 0 Å². The smallest absolute Gasteiger partial charge is 0.183 e. The zero-order chi connectivity index (χ0) is 10.6. The lowest BCUT2D eigenvalue weighted by atomic mass is 10.1. The first-order valence-corrected chi connectivity index (χ1v) is 4.55. The molecular weight excluding hydrogens is 178 g/mol. The predicted octanol–water partition coefficient (Wildman–Crippen LogP) is 1.21. The van der Waals surface area contributed by atoms with Gasteiger partial charge in [-0.15, -0.1) is 0 Å². The standard InChI is InChI=1S/C11H15NO2/c1-8-3-4-9(2)11(5-8)14-7-10(13)6-12/h3-5H,6-7,12H2,1-2H3. The van der Waals surface area contributed by atoms with Gasteiger partial charge < -0.3 is 10.5 Å². The van der Waals surface area contributed by atoms with Crippen LogP contribution in [0.3, 0.4) is 0 Å². The van der Waals surface area contributed by atoms with Crippen molar-refractivity contribution in [2.24, 2.45) is 5.73 Å². The number of ketones is 1. The molecule has 14 heavy (non-hydrogen) atoms. The van der Waals surface area contributed by atoms with E-state index >= 15 is 0 Å². The zero-order valence-electron chi connectivity index (χ0n) is 8.54. The molecule has 1 aromatic carbocycles. The van der Waals surface area contributed by atoms with Gasteiger partial charge in [-0.25, -0.2) is 0 Å². The average molecular weight is 193 g/mol. The maximum absolute atomic E-state index is 10.9. The molecule has 0 amide bonds. The summed E-state index contributed by atoms with van der Waals surface area (Å²) in [7, 11) is 0. The van der Waals surface area contributed by atoms with Crippen molar-refractivity contribution in [1.29, 1.82) is 0 Å². The highest BCUT2D eigenvalue weighted by Crippen LogP contribution is 2.18. The molecule has 0 saturated heterocycles. The van der Waals surface area contributed by atoms with Gasteiger partial charge in [-0.3, -0.25) is 4.79 Å².